The minimum atomic E-state index is -0.224. The van der Waals surface area contributed by atoms with Gasteiger partial charge in [-0.05, 0) is 13.0 Å². The van der Waals surface area contributed by atoms with Crippen LogP contribution in [0, 0.1) is 6.92 Å². The minimum absolute atomic E-state index is 0.224. The van der Waals surface area contributed by atoms with E-state index in [1.54, 1.807) is 7.11 Å². The summed E-state index contributed by atoms with van der Waals surface area (Å²) in [5, 5.41) is 4.00. The summed E-state index contributed by atoms with van der Waals surface area (Å²) in [5.41, 5.74) is 7.66. The number of hydrogen-bond donors (Lipinski definition) is 1. The molecule has 0 aliphatic carbocycles. The molecule has 0 fully saturated rings. The van der Waals surface area contributed by atoms with Crippen LogP contribution in [0.3, 0.4) is 0 Å². The average Bonchev–Trinajstić information content (AvgIpc) is 2.33. The Morgan fingerprint density at radius 1 is 1.39 bits per heavy atom. The van der Waals surface area contributed by atoms with Crippen molar-refractivity contribution in [1.29, 1.82) is 0 Å². The van der Waals surface area contributed by atoms with Gasteiger partial charge in [0.2, 0.25) is 0 Å². The molecule has 94 valence electrons. The van der Waals surface area contributed by atoms with Crippen molar-refractivity contribution in [2.24, 2.45) is 0 Å². The van der Waals surface area contributed by atoms with Gasteiger partial charge in [-0.15, -0.1) is 0 Å². The van der Waals surface area contributed by atoms with Crippen LogP contribution < -0.4 is 16.0 Å². The van der Waals surface area contributed by atoms with E-state index in [4.69, 9.17) is 10.5 Å². The lowest BCUT2D eigenvalue weighted by Crippen LogP contribution is -2.23. The van der Waals surface area contributed by atoms with Crippen molar-refractivity contribution >= 4 is 5.69 Å². The van der Waals surface area contributed by atoms with E-state index >= 15 is 0 Å². The summed E-state index contributed by atoms with van der Waals surface area (Å²) in [6, 6.07) is 7.17. The summed E-state index contributed by atoms with van der Waals surface area (Å²) >= 11 is 0. The predicted molar refractivity (Wildman–Crippen MR) is 69.7 cm³/mol. The van der Waals surface area contributed by atoms with E-state index in [-0.39, 0.29) is 5.56 Å². The highest BCUT2D eigenvalue weighted by Crippen LogP contribution is 2.19. The summed E-state index contributed by atoms with van der Waals surface area (Å²) in [5.74, 6) is 0.742. The fourth-order valence-electron chi connectivity index (χ4n) is 1.76. The molecule has 0 atom stereocenters. The van der Waals surface area contributed by atoms with Gasteiger partial charge in [-0.25, -0.2) is 4.68 Å². The fourth-order valence-corrected chi connectivity index (χ4v) is 1.76. The van der Waals surface area contributed by atoms with Crippen LogP contribution in [0.1, 0.15) is 11.1 Å². The lowest BCUT2D eigenvalue weighted by Gasteiger charge is -2.10. The molecule has 5 heteroatoms. The van der Waals surface area contributed by atoms with Crippen LogP contribution in [-0.2, 0) is 6.54 Å². The zero-order valence-electron chi connectivity index (χ0n) is 10.4. The Kier molecular flexibility index (Phi) is 3.32. The van der Waals surface area contributed by atoms with Gasteiger partial charge in [0.1, 0.15) is 5.75 Å². The van der Waals surface area contributed by atoms with Gasteiger partial charge < -0.3 is 10.5 Å². The molecule has 5 nitrogen and oxygen atoms in total. The molecule has 1 aromatic heterocycles. The molecule has 0 saturated carbocycles. The molecule has 0 saturated heterocycles. The Bertz CT molecular complexity index is 620. The Labute approximate surface area is 105 Å². The molecular formula is C13H15N3O2. The lowest BCUT2D eigenvalue weighted by atomic mass is 10.1. The molecule has 0 radical (unpaired) electrons. The highest BCUT2D eigenvalue weighted by molar-refractivity contribution is 5.37. The van der Waals surface area contributed by atoms with E-state index in [9.17, 15) is 4.79 Å². The van der Waals surface area contributed by atoms with Crippen LogP contribution in [-0.4, -0.2) is 16.9 Å². The van der Waals surface area contributed by atoms with Crippen molar-refractivity contribution in [1.82, 2.24) is 9.78 Å². The Morgan fingerprint density at radius 2 is 2.17 bits per heavy atom. The Morgan fingerprint density at radius 3 is 2.83 bits per heavy atom. The number of aryl methyl sites for hydroxylation is 1. The first kappa shape index (κ1) is 12.2. The number of hydrogen-bond acceptors (Lipinski definition) is 4. The van der Waals surface area contributed by atoms with Crippen molar-refractivity contribution in [3.63, 3.8) is 0 Å². The van der Waals surface area contributed by atoms with Crippen molar-refractivity contribution in [3.05, 3.63) is 51.9 Å². The molecule has 0 bridgehead atoms. The quantitative estimate of drug-likeness (QED) is 0.881. The molecule has 18 heavy (non-hydrogen) atoms. The minimum Gasteiger partial charge on any atom is -0.496 e. The molecule has 2 aromatic rings. The topological polar surface area (TPSA) is 70.1 Å². The average molecular weight is 245 g/mol. The van der Waals surface area contributed by atoms with Gasteiger partial charge in [0.25, 0.3) is 5.56 Å². The molecule has 2 rings (SSSR count). The number of anilines is 1. The molecule has 1 aromatic carbocycles. The van der Waals surface area contributed by atoms with E-state index in [2.05, 4.69) is 5.10 Å². The maximum Gasteiger partial charge on any atom is 0.269 e. The van der Waals surface area contributed by atoms with E-state index in [1.165, 1.54) is 16.9 Å². The van der Waals surface area contributed by atoms with Crippen LogP contribution in [0.5, 0.6) is 5.75 Å². The number of methoxy groups -OCH3 is 1. The molecule has 0 spiro atoms. The monoisotopic (exact) mass is 245 g/mol. The summed E-state index contributed by atoms with van der Waals surface area (Å²) in [4.78, 5) is 11.7. The molecule has 0 aliphatic rings. The maximum absolute atomic E-state index is 11.7. The van der Waals surface area contributed by atoms with Crippen LogP contribution in [0.2, 0.25) is 0 Å². The maximum atomic E-state index is 11.7. The zero-order chi connectivity index (χ0) is 13.1. The number of nitrogens with two attached hydrogens (primary N) is 1. The third-order valence-electron chi connectivity index (χ3n) is 2.65. The Hall–Kier alpha value is -2.30. The predicted octanol–water partition coefficient (Wildman–Crippen LogP) is 1.19. The number of benzene rings is 1. The normalized spacial score (nSPS) is 10.3. The number of nitrogens with zero attached hydrogens (tertiary/aromatic N) is 2. The third-order valence-corrected chi connectivity index (χ3v) is 2.65. The molecule has 0 amide bonds. The third kappa shape index (κ3) is 2.51. The first-order valence-electron chi connectivity index (χ1n) is 5.56. The molecule has 0 aliphatic heterocycles. The second-order valence-corrected chi connectivity index (χ2v) is 4.10. The first-order valence-corrected chi connectivity index (χ1v) is 5.56. The molecule has 0 unspecified atom stereocenters. The fraction of sp³-hybridized carbons (Fsp3) is 0.231. The summed E-state index contributed by atoms with van der Waals surface area (Å²) in [7, 11) is 1.60. The highest BCUT2D eigenvalue weighted by atomic mass is 16.5. The SMILES string of the molecule is COc1ccc(C)cc1Cn1ncc(N)cc1=O. The molecular weight excluding hydrogens is 230 g/mol. The van der Waals surface area contributed by atoms with Gasteiger partial charge in [-0.2, -0.15) is 5.10 Å². The van der Waals surface area contributed by atoms with E-state index < -0.39 is 0 Å². The van der Waals surface area contributed by atoms with Crippen LogP contribution in [0.4, 0.5) is 5.69 Å². The van der Waals surface area contributed by atoms with Crippen molar-refractivity contribution in [2.45, 2.75) is 13.5 Å². The first-order chi connectivity index (χ1) is 8.60. The van der Waals surface area contributed by atoms with Crippen LogP contribution in [0.15, 0.2) is 35.3 Å². The van der Waals surface area contributed by atoms with E-state index in [0.29, 0.717) is 12.2 Å². The molecule has 1 heterocycles. The zero-order valence-corrected chi connectivity index (χ0v) is 10.4. The van der Waals surface area contributed by atoms with Crippen molar-refractivity contribution in [2.75, 3.05) is 12.8 Å². The van der Waals surface area contributed by atoms with Gasteiger partial charge in [-0.3, -0.25) is 4.79 Å². The van der Waals surface area contributed by atoms with Crippen molar-refractivity contribution in [3.8, 4) is 5.75 Å². The lowest BCUT2D eigenvalue weighted by molar-refractivity contribution is 0.406. The van der Waals surface area contributed by atoms with Gasteiger partial charge in [0.15, 0.2) is 0 Å². The number of aromatic nitrogens is 2. The van der Waals surface area contributed by atoms with Gasteiger partial charge >= 0.3 is 0 Å². The number of ether oxygens (including phenoxy) is 1. The van der Waals surface area contributed by atoms with Gasteiger partial charge in [0, 0.05) is 11.6 Å². The largest absolute Gasteiger partial charge is 0.496 e. The summed E-state index contributed by atoms with van der Waals surface area (Å²) < 4.78 is 6.62. The second kappa shape index (κ2) is 4.91. The van der Waals surface area contributed by atoms with Gasteiger partial charge in [-0.1, -0.05) is 17.7 Å². The van der Waals surface area contributed by atoms with Crippen LogP contribution >= 0.6 is 0 Å². The molecule has 2 N–H and O–H groups in total. The number of nitrogen functional groups attached to an aromatic ring is 1. The van der Waals surface area contributed by atoms with E-state index in [0.717, 1.165) is 16.9 Å². The summed E-state index contributed by atoms with van der Waals surface area (Å²) in [6.45, 7) is 2.35. The smallest absolute Gasteiger partial charge is 0.269 e. The van der Waals surface area contributed by atoms with Crippen molar-refractivity contribution < 1.29 is 4.74 Å². The number of rotatable bonds is 3. The van der Waals surface area contributed by atoms with Gasteiger partial charge in [0.05, 0.1) is 25.5 Å². The standard InChI is InChI=1S/C13H15N3O2/c1-9-3-4-12(18-2)10(5-9)8-16-13(17)6-11(14)7-15-16/h3-7H,8,14H2,1-2H3. The second-order valence-electron chi connectivity index (χ2n) is 4.10. The van der Waals surface area contributed by atoms with Crippen LogP contribution in [0.25, 0.3) is 0 Å². The highest BCUT2D eigenvalue weighted by Gasteiger charge is 2.06. The Balaban J connectivity index is 2.39. The summed E-state index contributed by atoms with van der Waals surface area (Å²) in [6.07, 6.45) is 1.46. The van der Waals surface area contributed by atoms with E-state index in [1.807, 2.05) is 25.1 Å².